The van der Waals surface area contributed by atoms with Crippen LogP contribution in [0.1, 0.15) is 45.9 Å². The van der Waals surface area contributed by atoms with Crippen molar-refractivity contribution in [3.05, 3.63) is 5.82 Å². The molecule has 0 saturated carbocycles. The van der Waals surface area contributed by atoms with Crippen LogP contribution in [0.3, 0.4) is 0 Å². The lowest BCUT2D eigenvalue weighted by Crippen LogP contribution is -2.38. The Kier molecular flexibility index (Phi) is 9.67. The van der Waals surface area contributed by atoms with E-state index < -0.39 is 0 Å². The minimum Gasteiger partial charge on any atom is -0.357 e. The standard InChI is InChI=1S/C18H34N6S2/c1-5-19-17(21-12-15-8-7-11-26-15)20-10-6-9-16-22-23-18(25-4)24(16)13-14(2)3/h14-15H,5-13H2,1-4H3,(H2,19,20,21). The number of aromatic nitrogens is 3. The number of thioether (sulfide) groups is 2. The summed E-state index contributed by atoms with van der Waals surface area (Å²) in [7, 11) is 0. The maximum Gasteiger partial charge on any atom is 0.191 e. The van der Waals surface area contributed by atoms with E-state index in [1.165, 1.54) is 18.6 Å². The van der Waals surface area contributed by atoms with Crippen LogP contribution in [0.25, 0.3) is 0 Å². The summed E-state index contributed by atoms with van der Waals surface area (Å²) in [5, 5.41) is 17.2. The average Bonchev–Trinajstić information content (AvgIpc) is 3.26. The van der Waals surface area contributed by atoms with Crippen molar-refractivity contribution in [2.24, 2.45) is 10.9 Å². The third-order valence-electron chi connectivity index (χ3n) is 4.21. The summed E-state index contributed by atoms with van der Waals surface area (Å²) >= 11 is 3.73. The Morgan fingerprint density at radius 2 is 2.23 bits per heavy atom. The van der Waals surface area contributed by atoms with Crippen LogP contribution in [-0.2, 0) is 13.0 Å². The number of rotatable bonds is 10. The highest BCUT2D eigenvalue weighted by Crippen LogP contribution is 2.26. The highest BCUT2D eigenvalue weighted by Gasteiger charge is 2.15. The summed E-state index contributed by atoms with van der Waals surface area (Å²) < 4.78 is 2.27. The zero-order valence-corrected chi connectivity index (χ0v) is 18.3. The molecule has 8 heteroatoms. The number of hydrogen-bond acceptors (Lipinski definition) is 5. The Morgan fingerprint density at radius 3 is 2.88 bits per heavy atom. The first-order chi connectivity index (χ1) is 12.6. The van der Waals surface area contributed by atoms with Gasteiger partial charge in [0.05, 0.1) is 6.54 Å². The molecular weight excluding hydrogens is 364 g/mol. The number of aryl methyl sites for hydroxylation is 1. The van der Waals surface area contributed by atoms with E-state index in [0.29, 0.717) is 11.2 Å². The lowest BCUT2D eigenvalue weighted by molar-refractivity contribution is 0.477. The van der Waals surface area contributed by atoms with Crippen molar-refractivity contribution in [2.45, 2.75) is 63.4 Å². The van der Waals surface area contributed by atoms with Crippen LogP contribution in [0.15, 0.2) is 10.1 Å². The molecule has 2 heterocycles. The Bertz CT molecular complexity index is 552. The van der Waals surface area contributed by atoms with E-state index in [9.17, 15) is 0 Å². The van der Waals surface area contributed by atoms with Gasteiger partial charge in [0.2, 0.25) is 0 Å². The highest BCUT2D eigenvalue weighted by atomic mass is 32.2. The number of guanidine groups is 1. The number of nitrogens with one attached hydrogen (secondary N) is 2. The summed E-state index contributed by atoms with van der Waals surface area (Å²) in [6.07, 6.45) is 6.66. The first-order valence-electron chi connectivity index (χ1n) is 9.73. The Labute approximate surface area is 166 Å². The first-order valence-corrected chi connectivity index (χ1v) is 12.0. The molecule has 1 aliphatic heterocycles. The summed E-state index contributed by atoms with van der Waals surface area (Å²) in [5.74, 6) is 3.91. The van der Waals surface area contributed by atoms with Crippen LogP contribution in [-0.4, -0.2) is 57.6 Å². The third kappa shape index (κ3) is 7.02. The molecule has 0 radical (unpaired) electrons. The summed E-state index contributed by atoms with van der Waals surface area (Å²) in [5.41, 5.74) is 0. The fourth-order valence-electron chi connectivity index (χ4n) is 2.98. The quantitative estimate of drug-likeness (QED) is 0.273. The van der Waals surface area contributed by atoms with Crippen LogP contribution < -0.4 is 10.6 Å². The molecule has 0 aliphatic carbocycles. The van der Waals surface area contributed by atoms with Crippen molar-refractivity contribution < 1.29 is 0 Å². The molecule has 6 nitrogen and oxygen atoms in total. The van der Waals surface area contributed by atoms with E-state index in [-0.39, 0.29) is 0 Å². The second kappa shape index (κ2) is 11.7. The van der Waals surface area contributed by atoms with E-state index >= 15 is 0 Å². The van der Waals surface area contributed by atoms with Crippen LogP contribution in [0.5, 0.6) is 0 Å². The Hall–Kier alpha value is -0.890. The van der Waals surface area contributed by atoms with Crippen LogP contribution >= 0.6 is 23.5 Å². The third-order valence-corrected chi connectivity index (χ3v) is 6.26. The molecule has 0 spiro atoms. The SMILES string of the molecule is CCNC(=NCC1CCCS1)NCCCc1nnc(SC)n1CC(C)C. The van der Waals surface area contributed by atoms with Gasteiger partial charge in [-0.1, -0.05) is 25.6 Å². The maximum atomic E-state index is 4.75. The number of hydrogen-bond donors (Lipinski definition) is 2. The van der Waals surface area contributed by atoms with Crippen molar-refractivity contribution >= 4 is 29.5 Å². The Balaban J connectivity index is 1.80. The van der Waals surface area contributed by atoms with Gasteiger partial charge in [-0.05, 0) is 44.1 Å². The second-order valence-electron chi connectivity index (χ2n) is 6.99. The van der Waals surface area contributed by atoms with Crippen LogP contribution in [0.4, 0.5) is 0 Å². The van der Waals surface area contributed by atoms with E-state index in [4.69, 9.17) is 4.99 Å². The predicted octanol–water partition coefficient (Wildman–Crippen LogP) is 3.04. The average molecular weight is 399 g/mol. The van der Waals surface area contributed by atoms with Gasteiger partial charge in [-0.15, -0.1) is 10.2 Å². The first kappa shape index (κ1) is 21.4. The van der Waals surface area contributed by atoms with Gasteiger partial charge < -0.3 is 15.2 Å². The monoisotopic (exact) mass is 398 g/mol. The molecule has 148 valence electrons. The van der Waals surface area contributed by atoms with Crippen molar-refractivity contribution in [3.63, 3.8) is 0 Å². The normalized spacial score (nSPS) is 17.9. The van der Waals surface area contributed by atoms with Crippen LogP contribution in [0, 0.1) is 5.92 Å². The topological polar surface area (TPSA) is 67.1 Å². The van der Waals surface area contributed by atoms with Gasteiger partial charge >= 0.3 is 0 Å². The second-order valence-corrected chi connectivity index (χ2v) is 9.17. The molecular formula is C18H34N6S2. The molecule has 0 bridgehead atoms. The minimum absolute atomic E-state index is 0.592. The van der Waals surface area contributed by atoms with E-state index in [1.54, 1.807) is 11.8 Å². The molecule has 1 saturated heterocycles. The molecule has 0 aromatic carbocycles. The van der Waals surface area contributed by atoms with Crippen molar-refractivity contribution in [1.82, 2.24) is 25.4 Å². The highest BCUT2D eigenvalue weighted by molar-refractivity contribution is 8.00. The summed E-state index contributed by atoms with van der Waals surface area (Å²) in [6.45, 7) is 10.3. The van der Waals surface area contributed by atoms with E-state index in [2.05, 4.69) is 64.2 Å². The van der Waals surface area contributed by atoms with Crippen molar-refractivity contribution in [3.8, 4) is 0 Å². The van der Waals surface area contributed by atoms with Gasteiger partial charge in [-0.25, -0.2) is 0 Å². The molecule has 2 N–H and O–H groups in total. The van der Waals surface area contributed by atoms with Gasteiger partial charge in [0, 0.05) is 31.3 Å². The van der Waals surface area contributed by atoms with E-state index in [1.807, 2.05) is 0 Å². The van der Waals surface area contributed by atoms with Gasteiger partial charge in [0.15, 0.2) is 11.1 Å². The molecule has 1 fully saturated rings. The zero-order valence-electron chi connectivity index (χ0n) is 16.6. The van der Waals surface area contributed by atoms with Gasteiger partial charge in [0.25, 0.3) is 0 Å². The van der Waals surface area contributed by atoms with E-state index in [0.717, 1.165) is 56.0 Å². The van der Waals surface area contributed by atoms with Crippen LogP contribution in [0.2, 0.25) is 0 Å². The fourth-order valence-corrected chi connectivity index (χ4v) is 4.68. The molecule has 0 amide bonds. The largest absolute Gasteiger partial charge is 0.357 e. The molecule has 1 aliphatic rings. The Morgan fingerprint density at radius 1 is 1.38 bits per heavy atom. The fraction of sp³-hybridized carbons (Fsp3) is 0.833. The number of nitrogens with zero attached hydrogens (tertiary/aromatic N) is 4. The van der Waals surface area contributed by atoms with Crippen molar-refractivity contribution in [1.29, 1.82) is 0 Å². The molecule has 1 aromatic heterocycles. The molecule has 1 atom stereocenters. The van der Waals surface area contributed by atoms with Gasteiger partial charge in [-0.2, -0.15) is 11.8 Å². The molecule has 26 heavy (non-hydrogen) atoms. The van der Waals surface area contributed by atoms with Crippen molar-refractivity contribution in [2.75, 3.05) is 31.6 Å². The summed E-state index contributed by atoms with van der Waals surface area (Å²) in [6, 6.07) is 0. The smallest absolute Gasteiger partial charge is 0.191 e. The molecule has 1 aromatic rings. The lowest BCUT2D eigenvalue weighted by Gasteiger charge is -2.13. The maximum absolute atomic E-state index is 4.75. The van der Waals surface area contributed by atoms with Gasteiger partial charge in [-0.3, -0.25) is 4.99 Å². The zero-order chi connectivity index (χ0) is 18.8. The molecule has 1 unspecified atom stereocenters. The summed E-state index contributed by atoms with van der Waals surface area (Å²) in [4.78, 5) is 4.75. The number of aliphatic imine (C=N–C) groups is 1. The lowest BCUT2D eigenvalue weighted by atomic mass is 10.2. The van der Waals surface area contributed by atoms with Gasteiger partial charge in [0.1, 0.15) is 5.82 Å². The molecule has 2 rings (SSSR count). The minimum atomic E-state index is 0.592. The predicted molar refractivity (Wildman–Crippen MR) is 114 cm³/mol.